The molecule has 0 saturated carbocycles. The Morgan fingerprint density at radius 3 is 2.74 bits per heavy atom. The van der Waals surface area contributed by atoms with Crippen LogP contribution in [0.3, 0.4) is 0 Å². The SMILES string of the molecule is CC(Oc1cc(F)cc(Br)c1)C(=O)N1CCNCC1. The molecule has 2 rings (SSSR count). The number of nitrogens with one attached hydrogen (secondary N) is 1. The molecule has 1 saturated heterocycles. The lowest BCUT2D eigenvalue weighted by Gasteiger charge is -2.29. The van der Waals surface area contributed by atoms with Gasteiger partial charge in [-0.1, -0.05) is 15.9 Å². The van der Waals surface area contributed by atoms with E-state index in [1.54, 1.807) is 17.9 Å². The topological polar surface area (TPSA) is 41.6 Å². The molecule has 0 bridgehead atoms. The van der Waals surface area contributed by atoms with Crippen molar-refractivity contribution in [3.63, 3.8) is 0 Å². The van der Waals surface area contributed by atoms with E-state index in [0.717, 1.165) is 13.1 Å². The van der Waals surface area contributed by atoms with Gasteiger partial charge in [0.2, 0.25) is 0 Å². The minimum absolute atomic E-state index is 0.0677. The number of rotatable bonds is 3. The van der Waals surface area contributed by atoms with Gasteiger partial charge in [-0.05, 0) is 19.1 Å². The number of amides is 1. The largest absolute Gasteiger partial charge is 0.481 e. The summed E-state index contributed by atoms with van der Waals surface area (Å²) >= 11 is 3.19. The van der Waals surface area contributed by atoms with E-state index >= 15 is 0 Å². The highest BCUT2D eigenvalue weighted by Crippen LogP contribution is 2.21. The van der Waals surface area contributed by atoms with Crippen LogP contribution in [0.15, 0.2) is 22.7 Å². The molecule has 4 nitrogen and oxygen atoms in total. The van der Waals surface area contributed by atoms with Gasteiger partial charge in [-0.25, -0.2) is 4.39 Å². The van der Waals surface area contributed by atoms with Crippen LogP contribution >= 0.6 is 15.9 Å². The summed E-state index contributed by atoms with van der Waals surface area (Å²) in [6, 6.07) is 4.26. The molecular weight excluding hydrogens is 315 g/mol. The normalized spacial score (nSPS) is 17.1. The maximum Gasteiger partial charge on any atom is 0.263 e. The predicted molar refractivity (Wildman–Crippen MR) is 73.6 cm³/mol. The van der Waals surface area contributed by atoms with Gasteiger partial charge in [-0.2, -0.15) is 0 Å². The summed E-state index contributed by atoms with van der Waals surface area (Å²) < 4.78 is 19.3. The van der Waals surface area contributed by atoms with Crippen LogP contribution in [0.5, 0.6) is 5.75 Å². The van der Waals surface area contributed by atoms with E-state index in [0.29, 0.717) is 23.3 Å². The molecule has 1 aromatic carbocycles. The molecule has 1 amide bonds. The van der Waals surface area contributed by atoms with Crippen LogP contribution in [0.4, 0.5) is 4.39 Å². The predicted octanol–water partition coefficient (Wildman–Crippen LogP) is 1.79. The average Bonchev–Trinajstić information content (AvgIpc) is 2.37. The second-order valence-electron chi connectivity index (χ2n) is 4.44. The van der Waals surface area contributed by atoms with Gasteiger partial charge in [0, 0.05) is 36.7 Å². The Hall–Kier alpha value is -1.14. The van der Waals surface area contributed by atoms with E-state index in [-0.39, 0.29) is 5.91 Å². The first-order chi connectivity index (χ1) is 9.06. The van der Waals surface area contributed by atoms with Crippen LogP contribution in [-0.4, -0.2) is 43.1 Å². The van der Waals surface area contributed by atoms with E-state index in [4.69, 9.17) is 4.74 Å². The van der Waals surface area contributed by atoms with E-state index < -0.39 is 11.9 Å². The zero-order valence-corrected chi connectivity index (χ0v) is 12.2. The quantitative estimate of drug-likeness (QED) is 0.918. The Morgan fingerprint density at radius 2 is 2.11 bits per heavy atom. The van der Waals surface area contributed by atoms with Crippen molar-refractivity contribution >= 4 is 21.8 Å². The Labute approximate surface area is 120 Å². The second-order valence-corrected chi connectivity index (χ2v) is 5.36. The number of halogens is 2. The highest BCUT2D eigenvalue weighted by Gasteiger charge is 2.23. The fourth-order valence-corrected chi connectivity index (χ4v) is 2.44. The zero-order valence-electron chi connectivity index (χ0n) is 10.7. The van der Waals surface area contributed by atoms with Crippen LogP contribution in [-0.2, 0) is 4.79 Å². The summed E-state index contributed by atoms with van der Waals surface area (Å²) in [5.74, 6) is -0.115. The van der Waals surface area contributed by atoms with E-state index in [1.165, 1.54) is 12.1 Å². The van der Waals surface area contributed by atoms with E-state index in [1.807, 2.05) is 0 Å². The maximum absolute atomic E-state index is 13.2. The van der Waals surface area contributed by atoms with Crippen molar-refractivity contribution in [2.45, 2.75) is 13.0 Å². The van der Waals surface area contributed by atoms with E-state index in [9.17, 15) is 9.18 Å². The van der Waals surface area contributed by atoms with Crippen molar-refractivity contribution in [2.24, 2.45) is 0 Å². The molecule has 1 aliphatic rings. The molecule has 1 aromatic rings. The molecular formula is C13H16BrFN2O2. The zero-order chi connectivity index (χ0) is 13.8. The summed E-state index contributed by atoms with van der Waals surface area (Å²) in [5.41, 5.74) is 0. The number of nitrogens with zero attached hydrogens (tertiary/aromatic N) is 1. The van der Waals surface area contributed by atoms with Crippen molar-refractivity contribution in [3.8, 4) is 5.75 Å². The van der Waals surface area contributed by atoms with Crippen LogP contribution < -0.4 is 10.1 Å². The molecule has 1 atom stereocenters. The number of carbonyl (C=O) groups is 1. The fraction of sp³-hybridized carbons (Fsp3) is 0.462. The summed E-state index contributed by atoms with van der Waals surface area (Å²) in [7, 11) is 0. The van der Waals surface area contributed by atoms with Crippen LogP contribution in [0.1, 0.15) is 6.92 Å². The first kappa shape index (κ1) is 14.3. The van der Waals surface area contributed by atoms with Crippen molar-refractivity contribution in [3.05, 3.63) is 28.5 Å². The van der Waals surface area contributed by atoms with Crippen LogP contribution in [0.2, 0.25) is 0 Å². The highest BCUT2D eigenvalue weighted by atomic mass is 79.9. The van der Waals surface area contributed by atoms with E-state index in [2.05, 4.69) is 21.2 Å². The number of carbonyl (C=O) groups excluding carboxylic acids is 1. The molecule has 19 heavy (non-hydrogen) atoms. The van der Waals surface area contributed by atoms with Gasteiger partial charge in [0.25, 0.3) is 5.91 Å². The fourth-order valence-electron chi connectivity index (χ4n) is 1.99. The highest BCUT2D eigenvalue weighted by molar-refractivity contribution is 9.10. The van der Waals surface area contributed by atoms with Crippen LogP contribution in [0.25, 0.3) is 0 Å². The lowest BCUT2D eigenvalue weighted by atomic mass is 10.2. The third kappa shape index (κ3) is 3.91. The lowest BCUT2D eigenvalue weighted by molar-refractivity contribution is -0.138. The molecule has 1 N–H and O–H groups in total. The summed E-state index contributed by atoms with van der Waals surface area (Å²) in [6.07, 6.45) is -0.619. The maximum atomic E-state index is 13.2. The summed E-state index contributed by atoms with van der Waals surface area (Å²) in [5, 5.41) is 3.18. The molecule has 6 heteroatoms. The minimum Gasteiger partial charge on any atom is -0.481 e. The molecule has 0 spiro atoms. The number of hydrogen-bond acceptors (Lipinski definition) is 3. The molecule has 1 aliphatic heterocycles. The molecule has 0 aromatic heterocycles. The van der Waals surface area contributed by atoms with Gasteiger partial charge in [0.1, 0.15) is 11.6 Å². The van der Waals surface area contributed by atoms with Crippen molar-refractivity contribution in [2.75, 3.05) is 26.2 Å². The van der Waals surface area contributed by atoms with Gasteiger partial charge in [-0.15, -0.1) is 0 Å². The second kappa shape index (κ2) is 6.34. The molecule has 0 radical (unpaired) electrons. The first-order valence-corrected chi connectivity index (χ1v) is 6.98. The molecule has 1 unspecified atom stereocenters. The Morgan fingerprint density at radius 1 is 1.42 bits per heavy atom. The molecule has 1 heterocycles. The van der Waals surface area contributed by atoms with Crippen molar-refractivity contribution in [1.29, 1.82) is 0 Å². The Kier molecular flexibility index (Phi) is 4.76. The third-order valence-corrected chi connectivity index (χ3v) is 3.38. The standard InChI is InChI=1S/C13H16BrFN2O2/c1-9(13(18)17-4-2-16-3-5-17)19-12-7-10(14)6-11(15)8-12/h6-9,16H,2-5H2,1H3. The Balaban J connectivity index is 1.99. The van der Waals surface area contributed by atoms with Crippen molar-refractivity contribution in [1.82, 2.24) is 10.2 Å². The first-order valence-electron chi connectivity index (χ1n) is 6.18. The number of ether oxygens (including phenoxy) is 1. The smallest absolute Gasteiger partial charge is 0.263 e. The lowest BCUT2D eigenvalue weighted by Crippen LogP contribution is -2.50. The number of benzene rings is 1. The number of hydrogen-bond donors (Lipinski definition) is 1. The van der Waals surface area contributed by atoms with Crippen LogP contribution in [0, 0.1) is 5.82 Å². The van der Waals surface area contributed by atoms with Gasteiger partial charge >= 0.3 is 0 Å². The third-order valence-electron chi connectivity index (χ3n) is 2.93. The van der Waals surface area contributed by atoms with Gasteiger partial charge < -0.3 is 15.0 Å². The average molecular weight is 331 g/mol. The van der Waals surface area contributed by atoms with Gasteiger partial charge in [0.05, 0.1) is 0 Å². The molecule has 0 aliphatic carbocycles. The minimum atomic E-state index is -0.619. The summed E-state index contributed by atoms with van der Waals surface area (Å²) in [6.45, 7) is 4.63. The summed E-state index contributed by atoms with van der Waals surface area (Å²) in [4.78, 5) is 13.9. The molecule has 1 fully saturated rings. The van der Waals surface area contributed by atoms with Crippen molar-refractivity contribution < 1.29 is 13.9 Å². The van der Waals surface area contributed by atoms with Gasteiger partial charge in [0.15, 0.2) is 6.10 Å². The monoisotopic (exact) mass is 330 g/mol. The molecule has 104 valence electrons. The Bertz CT molecular complexity index is 444. The van der Waals surface area contributed by atoms with Gasteiger partial charge in [-0.3, -0.25) is 4.79 Å². The number of piperazine rings is 1.